The van der Waals surface area contributed by atoms with Crippen LogP contribution in [0.4, 0.5) is 4.79 Å². The highest BCUT2D eigenvalue weighted by Gasteiger charge is 2.24. The molecule has 0 radical (unpaired) electrons. The zero-order valence-corrected chi connectivity index (χ0v) is 33.7. The van der Waals surface area contributed by atoms with Gasteiger partial charge in [0.15, 0.2) is 11.1 Å². The molecule has 2 atom stereocenters. The average molecular weight is 759 g/mol. The van der Waals surface area contributed by atoms with E-state index in [1.807, 2.05) is 80.8 Å². The van der Waals surface area contributed by atoms with Crippen molar-refractivity contribution in [1.29, 1.82) is 0 Å². The number of nitrogens with one attached hydrogen (secondary N) is 2. The van der Waals surface area contributed by atoms with E-state index >= 15 is 0 Å². The van der Waals surface area contributed by atoms with Crippen LogP contribution in [0.2, 0.25) is 0 Å². The first-order valence-corrected chi connectivity index (χ1v) is 18.8. The van der Waals surface area contributed by atoms with Gasteiger partial charge in [0.1, 0.15) is 12.7 Å². The number of carbonyl (C=O) groups excluding carboxylic acids is 2. The monoisotopic (exact) mass is 758 g/mol. The van der Waals surface area contributed by atoms with E-state index in [4.69, 9.17) is 23.8 Å². The zero-order chi connectivity index (χ0) is 38.7. The number of rotatable bonds is 17. The standard InChI is InChI=1S/C37H48N9O7Si/c1-7-49-35-38-31-17-12-16-30(34(47)52-25(3)53-36(48)51-24(2)13-10-11-22-50-44-46(54)41-37(4,5)6)32(31)45(35)23-26-18-20-27(21-19-26)28-14-8-9-15-29(28)33-39-42-43-40-33/h8-9,12,14-21,24-25H,7,10-11,13,22-23H2,1-6,54H3,(H,41,44)(H,39,40,42,43)/q+1/t24-,25?/m0/s1. The summed E-state index contributed by atoms with van der Waals surface area (Å²) in [7, 11) is 0.673. The molecule has 0 amide bonds. The number of benzene rings is 3. The number of para-hydroxylation sites is 1. The second-order valence-corrected chi connectivity index (χ2v) is 14.5. The lowest BCUT2D eigenvalue weighted by Crippen LogP contribution is -2.42. The van der Waals surface area contributed by atoms with Gasteiger partial charge < -0.3 is 23.8 Å². The number of imidazole rings is 1. The molecule has 2 N–H and O–H groups in total. The maximum Gasteiger partial charge on any atom is 0.511 e. The number of H-pyrrole nitrogens is 1. The van der Waals surface area contributed by atoms with Crippen LogP contribution in [0.1, 0.15) is 76.7 Å². The summed E-state index contributed by atoms with van der Waals surface area (Å²) in [6, 6.07) is 21.4. The number of tetrazole rings is 1. The minimum Gasteiger partial charge on any atom is -0.465 e. The van der Waals surface area contributed by atoms with Gasteiger partial charge in [0.25, 0.3) is 6.01 Å². The molecule has 0 bridgehead atoms. The van der Waals surface area contributed by atoms with Gasteiger partial charge in [-0.1, -0.05) is 59.1 Å². The molecule has 0 saturated carbocycles. The molecule has 0 saturated heterocycles. The number of aromatic nitrogens is 6. The van der Waals surface area contributed by atoms with Crippen LogP contribution in [-0.4, -0.2) is 88.3 Å². The Morgan fingerprint density at radius 3 is 2.44 bits per heavy atom. The number of ether oxygens (including phenoxy) is 4. The molecule has 0 aliphatic heterocycles. The summed E-state index contributed by atoms with van der Waals surface area (Å²) in [6.45, 7) is 12.4. The van der Waals surface area contributed by atoms with Crippen molar-refractivity contribution in [3.05, 3.63) is 77.9 Å². The van der Waals surface area contributed by atoms with Crippen LogP contribution in [0.15, 0.2) is 72.0 Å². The second-order valence-electron chi connectivity index (χ2n) is 13.6. The minimum atomic E-state index is -1.21. The first kappa shape index (κ1) is 39.4. The van der Waals surface area contributed by atoms with E-state index in [2.05, 4.69) is 36.3 Å². The minimum absolute atomic E-state index is 0.0969. The number of esters is 1. The third kappa shape index (κ3) is 10.8. The van der Waals surface area contributed by atoms with Crippen LogP contribution < -0.4 is 10.2 Å². The van der Waals surface area contributed by atoms with Crippen molar-refractivity contribution in [2.45, 2.75) is 85.3 Å². The molecule has 0 fully saturated rings. The number of nitrogens with zero attached hydrogens (tertiary/aromatic N) is 7. The van der Waals surface area contributed by atoms with Crippen LogP contribution in [0.25, 0.3) is 33.5 Å². The molecule has 2 heterocycles. The van der Waals surface area contributed by atoms with Crippen molar-refractivity contribution >= 4 is 33.6 Å². The molecule has 54 heavy (non-hydrogen) atoms. The smallest absolute Gasteiger partial charge is 0.465 e. The van der Waals surface area contributed by atoms with Gasteiger partial charge in [-0.25, -0.2) is 14.7 Å². The van der Waals surface area contributed by atoms with E-state index in [-0.39, 0.29) is 11.1 Å². The fourth-order valence-corrected chi connectivity index (χ4v) is 6.54. The summed E-state index contributed by atoms with van der Waals surface area (Å²) in [6.07, 6.45) is -0.466. The Balaban J connectivity index is 1.19. The topological polar surface area (TPSA) is 180 Å². The molecule has 17 heteroatoms. The average Bonchev–Trinajstić information content (AvgIpc) is 3.78. The van der Waals surface area contributed by atoms with Crippen molar-refractivity contribution in [2.75, 3.05) is 13.2 Å². The highest BCUT2D eigenvalue weighted by molar-refractivity contribution is 6.02. The third-order valence-electron chi connectivity index (χ3n) is 7.96. The van der Waals surface area contributed by atoms with Gasteiger partial charge in [0, 0.05) is 12.5 Å². The summed E-state index contributed by atoms with van der Waals surface area (Å²) < 4.78 is 25.6. The maximum absolute atomic E-state index is 13.5. The molecule has 3 aromatic carbocycles. The molecule has 5 rings (SSSR count). The van der Waals surface area contributed by atoms with Crippen LogP contribution in [0.5, 0.6) is 6.01 Å². The molecule has 2 aromatic heterocycles. The molecule has 0 aliphatic rings. The Hall–Kier alpha value is -5.84. The quantitative estimate of drug-likeness (QED) is 0.0303. The van der Waals surface area contributed by atoms with Crippen molar-refractivity contribution in [3.63, 3.8) is 0 Å². The Morgan fingerprint density at radius 2 is 1.74 bits per heavy atom. The molecule has 5 aromatic rings. The van der Waals surface area contributed by atoms with Crippen molar-refractivity contribution < 1.29 is 37.8 Å². The SMILES string of the molecule is CCOc1nc2cccc(C(=O)OC(C)OC(=O)O[C@@H](C)CCCCO/N=[N+](\[SiH3])NC(C)(C)C)c2n1Cc1ccc(-c2ccccc2-c2nnn[nH]2)cc1. The van der Waals surface area contributed by atoms with Gasteiger partial charge in [-0.05, 0) is 93.1 Å². The van der Waals surface area contributed by atoms with E-state index in [0.29, 0.717) is 59.5 Å². The number of hydrogen-bond donors (Lipinski definition) is 2. The molecule has 0 spiro atoms. The largest absolute Gasteiger partial charge is 0.511 e. The number of carbonyl (C=O) groups is 2. The maximum atomic E-state index is 13.5. The van der Waals surface area contributed by atoms with E-state index in [0.717, 1.165) is 35.1 Å². The fraction of sp³-hybridized carbons (Fsp3) is 0.405. The predicted octanol–water partition coefficient (Wildman–Crippen LogP) is 5.53. The van der Waals surface area contributed by atoms with Crippen molar-refractivity contribution in [2.24, 2.45) is 5.28 Å². The van der Waals surface area contributed by atoms with Gasteiger partial charge in [-0.3, -0.25) is 4.57 Å². The Labute approximate surface area is 316 Å². The van der Waals surface area contributed by atoms with Crippen molar-refractivity contribution in [1.82, 2.24) is 35.6 Å². The Morgan fingerprint density at radius 1 is 0.981 bits per heavy atom. The van der Waals surface area contributed by atoms with E-state index in [1.54, 1.807) is 29.6 Å². The summed E-state index contributed by atoms with van der Waals surface area (Å²) >= 11 is 0. The van der Waals surface area contributed by atoms with Crippen LogP contribution >= 0.6 is 0 Å². The van der Waals surface area contributed by atoms with Crippen LogP contribution in [-0.2, 0) is 25.6 Å². The molecule has 1 unspecified atom stereocenters. The lowest BCUT2D eigenvalue weighted by Gasteiger charge is -2.17. The van der Waals surface area contributed by atoms with Crippen LogP contribution in [0.3, 0.4) is 0 Å². The Kier molecular flexibility index (Phi) is 13.3. The van der Waals surface area contributed by atoms with Gasteiger partial charge in [0.05, 0.1) is 35.3 Å². The van der Waals surface area contributed by atoms with Gasteiger partial charge >= 0.3 is 22.5 Å². The number of aromatic amines is 1. The highest BCUT2D eigenvalue weighted by Crippen LogP contribution is 2.31. The number of hydrazine groups is 1. The van der Waals surface area contributed by atoms with E-state index in [1.165, 1.54) is 6.92 Å². The molecule has 286 valence electrons. The van der Waals surface area contributed by atoms with Crippen LogP contribution in [0, 0.1) is 0 Å². The summed E-state index contributed by atoms with van der Waals surface area (Å²) in [5.74, 6) is -0.116. The first-order chi connectivity index (χ1) is 25.9. The van der Waals surface area contributed by atoms with E-state index < -0.39 is 24.5 Å². The molecular weight excluding hydrogens is 711 g/mol. The normalized spacial score (nSPS) is 13.0. The predicted molar refractivity (Wildman–Crippen MR) is 202 cm³/mol. The lowest BCUT2D eigenvalue weighted by molar-refractivity contribution is -0.558. The second kappa shape index (κ2) is 18.3. The summed E-state index contributed by atoms with van der Waals surface area (Å²) in [5, 5.41) is 18.4. The van der Waals surface area contributed by atoms with Crippen molar-refractivity contribution in [3.8, 4) is 28.5 Å². The summed E-state index contributed by atoms with van der Waals surface area (Å²) in [4.78, 5) is 36.1. The van der Waals surface area contributed by atoms with Gasteiger partial charge in [-0.15, -0.1) is 5.10 Å². The molecule has 16 nitrogen and oxygen atoms in total. The third-order valence-corrected chi connectivity index (χ3v) is 8.35. The number of unbranched alkanes of at least 4 members (excludes halogenated alkanes) is 1. The van der Waals surface area contributed by atoms with Gasteiger partial charge in [-0.2, -0.15) is 10.4 Å². The fourth-order valence-electron chi connectivity index (χ4n) is 5.76. The lowest BCUT2D eigenvalue weighted by atomic mass is 9.98. The number of fused-ring (bicyclic) bond motifs is 1. The summed E-state index contributed by atoms with van der Waals surface area (Å²) in [5.41, 5.74) is 8.20. The Bertz CT molecular complexity index is 2030. The molecular formula is C37H48N9O7Si+. The van der Waals surface area contributed by atoms with E-state index in [9.17, 15) is 9.59 Å². The highest BCUT2D eigenvalue weighted by atomic mass is 28.2. The number of hydrogen-bond acceptors (Lipinski definition) is 12. The molecule has 0 aliphatic carbocycles. The van der Waals surface area contributed by atoms with Gasteiger partial charge in [0.2, 0.25) is 6.29 Å². The first-order valence-electron chi connectivity index (χ1n) is 17.9. The zero-order valence-electron chi connectivity index (χ0n) is 31.7.